The van der Waals surface area contributed by atoms with Gasteiger partial charge in [0.15, 0.2) is 0 Å². The Bertz CT molecular complexity index is 530. The molecule has 0 aliphatic carbocycles. The third-order valence-electron chi connectivity index (χ3n) is 3.83. The molecule has 120 valence electrons. The maximum Gasteiger partial charge on any atom is 0.315 e. The molecule has 22 heavy (non-hydrogen) atoms. The van der Waals surface area contributed by atoms with E-state index in [1.54, 1.807) is 12.0 Å². The molecule has 2 rings (SSSR count). The van der Waals surface area contributed by atoms with E-state index in [2.05, 4.69) is 10.6 Å². The van der Waals surface area contributed by atoms with Crippen molar-refractivity contribution in [2.24, 2.45) is 0 Å². The third kappa shape index (κ3) is 3.90. The summed E-state index contributed by atoms with van der Waals surface area (Å²) >= 11 is 0. The van der Waals surface area contributed by atoms with E-state index in [1.165, 1.54) is 0 Å². The topological polar surface area (TPSA) is 70.7 Å². The summed E-state index contributed by atoms with van der Waals surface area (Å²) in [5, 5.41) is 5.70. The van der Waals surface area contributed by atoms with Crippen LogP contribution in [0, 0.1) is 0 Å². The van der Waals surface area contributed by atoms with Crippen molar-refractivity contribution < 1.29 is 14.3 Å². The minimum Gasteiger partial charge on any atom is -0.497 e. The van der Waals surface area contributed by atoms with Crippen LogP contribution in [0.5, 0.6) is 5.75 Å². The van der Waals surface area contributed by atoms with Crippen molar-refractivity contribution in [2.45, 2.75) is 38.8 Å². The van der Waals surface area contributed by atoms with E-state index in [-0.39, 0.29) is 24.0 Å². The Labute approximate surface area is 130 Å². The summed E-state index contributed by atoms with van der Waals surface area (Å²) in [6.45, 7) is 4.44. The van der Waals surface area contributed by atoms with Crippen LogP contribution in [0.3, 0.4) is 0 Å². The van der Waals surface area contributed by atoms with Gasteiger partial charge in [-0.2, -0.15) is 0 Å². The fourth-order valence-electron chi connectivity index (χ4n) is 2.37. The molecule has 2 atom stereocenters. The molecule has 6 heteroatoms. The lowest BCUT2D eigenvalue weighted by molar-refractivity contribution is -0.117. The van der Waals surface area contributed by atoms with Crippen molar-refractivity contribution in [3.63, 3.8) is 0 Å². The van der Waals surface area contributed by atoms with Gasteiger partial charge in [-0.15, -0.1) is 0 Å². The Morgan fingerprint density at radius 2 is 2.09 bits per heavy atom. The molecular formula is C16H23N3O3. The SMILES string of the molecule is CC[C@@H](C)NC(=O)N[C@H]1CC(=O)N(c2ccc(OC)cc2)C1. The Morgan fingerprint density at radius 1 is 1.41 bits per heavy atom. The van der Waals surface area contributed by atoms with Gasteiger partial charge in [0.2, 0.25) is 5.91 Å². The first-order valence-electron chi connectivity index (χ1n) is 7.55. The van der Waals surface area contributed by atoms with Gasteiger partial charge in [0.05, 0.1) is 13.2 Å². The van der Waals surface area contributed by atoms with Gasteiger partial charge in [0, 0.05) is 24.7 Å². The van der Waals surface area contributed by atoms with E-state index in [4.69, 9.17) is 4.74 Å². The minimum absolute atomic E-state index is 0.0130. The Morgan fingerprint density at radius 3 is 2.68 bits per heavy atom. The summed E-state index contributed by atoms with van der Waals surface area (Å²) in [6, 6.07) is 7.06. The summed E-state index contributed by atoms with van der Waals surface area (Å²) in [4.78, 5) is 25.6. The number of ether oxygens (including phenoxy) is 1. The van der Waals surface area contributed by atoms with Crippen molar-refractivity contribution >= 4 is 17.6 Å². The van der Waals surface area contributed by atoms with E-state index in [0.717, 1.165) is 17.9 Å². The molecule has 3 amide bonds. The van der Waals surface area contributed by atoms with E-state index >= 15 is 0 Å². The number of amides is 3. The molecular weight excluding hydrogens is 282 g/mol. The zero-order chi connectivity index (χ0) is 16.1. The number of urea groups is 1. The van der Waals surface area contributed by atoms with Crippen LogP contribution in [0.1, 0.15) is 26.7 Å². The first-order valence-corrected chi connectivity index (χ1v) is 7.55. The first-order chi connectivity index (χ1) is 10.5. The highest BCUT2D eigenvalue weighted by Crippen LogP contribution is 2.24. The van der Waals surface area contributed by atoms with Crippen LogP contribution in [-0.2, 0) is 4.79 Å². The summed E-state index contributed by atoms with van der Waals surface area (Å²) in [5.74, 6) is 0.761. The molecule has 0 unspecified atom stereocenters. The molecule has 2 N–H and O–H groups in total. The molecule has 0 bridgehead atoms. The summed E-state index contributed by atoms with van der Waals surface area (Å²) < 4.78 is 5.11. The summed E-state index contributed by atoms with van der Waals surface area (Å²) in [7, 11) is 1.60. The first kappa shape index (κ1) is 16.1. The number of nitrogens with zero attached hydrogens (tertiary/aromatic N) is 1. The van der Waals surface area contributed by atoms with Crippen LogP contribution in [0.15, 0.2) is 24.3 Å². The highest BCUT2D eigenvalue weighted by Gasteiger charge is 2.31. The molecule has 1 aromatic carbocycles. The fraction of sp³-hybridized carbons (Fsp3) is 0.500. The van der Waals surface area contributed by atoms with Crippen molar-refractivity contribution in [2.75, 3.05) is 18.6 Å². The maximum absolute atomic E-state index is 12.1. The molecule has 1 aromatic rings. The van der Waals surface area contributed by atoms with Crippen LogP contribution in [0.2, 0.25) is 0 Å². The molecule has 0 saturated carbocycles. The minimum atomic E-state index is -0.219. The lowest BCUT2D eigenvalue weighted by Gasteiger charge is -2.18. The van der Waals surface area contributed by atoms with E-state index in [0.29, 0.717) is 13.0 Å². The maximum atomic E-state index is 12.1. The van der Waals surface area contributed by atoms with Crippen molar-refractivity contribution in [3.8, 4) is 5.75 Å². The molecule has 0 radical (unpaired) electrons. The number of nitrogens with one attached hydrogen (secondary N) is 2. The van der Waals surface area contributed by atoms with Gasteiger partial charge in [0.25, 0.3) is 0 Å². The van der Waals surface area contributed by atoms with Crippen LogP contribution in [0.4, 0.5) is 10.5 Å². The van der Waals surface area contributed by atoms with Crippen molar-refractivity contribution in [1.82, 2.24) is 10.6 Å². The zero-order valence-electron chi connectivity index (χ0n) is 13.3. The molecule has 1 fully saturated rings. The number of rotatable bonds is 5. The van der Waals surface area contributed by atoms with Crippen molar-refractivity contribution in [1.29, 1.82) is 0 Å². The zero-order valence-corrected chi connectivity index (χ0v) is 13.3. The lowest BCUT2D eigenvalue weighted by atomic mass is 10.2. The number of hydrogen-bond donors (Lipinski definition) is 2. The van der Waals surface area contributed by atoms with Gasteiger partial charge in [-0.1, -0.05) is 6.92 Å². The van der Waals surface area contributed by atoms with Gasteiger partial charge in [-0.3, -0.25) is 4.79 Å². The number of carbonyl (C=O) groups excluding carboxylic acids is 2. The van der Waals surface area contributed by atoms with Crippen LogP contribution in [-0.4, -0.2) is 37.7 Å². The molecule has 0 spiro atoms. The van der Waals surface area contributed by atoms with Crippen LogP contribution < -0.4 is 20.3 Å². The number of hydrogen-bond acceptors (Lipinski definition) is 3. The highest BCUT2D eigenvalue weighted by atomic mass is 16.5. The highest BCUT2D eigenvalue weighted by molar-refractivity contribution is 5.96. The Balaban J connectivity index is 1.94. The summed E-state index contributed by atoms with van der Waals surface area (Å²) in [6.07, 6.45) is 1.19. The van der Waals surface area contributed by atoms with Gasteiger partial charge in [-0.05, 0) is 37.6 Å². The number of carbonyl (C=O) groups is 2. The Hall–Kier alpha value is -2.24. The average molecular weight is 305 g/mol. The smallest absolute Gasteiger partial charge is 0.315 e. The van der Waals surface area contributed by atoms with E-state index < -0.39 is 0 Å². The molecule has 6 nitrogen and oxygen atoms in total. The van der Waals surface area contributed by atoms with Crippen molar-refractivity contribution in [3.05, 3.63) is 24.3 Å². The van der Waals surface area contributed by atoms with Gasteiger partial charge in [0.1, 0.15) is 5.75 Å². The second-order valence-corrected chi connectivity index (χ2v) is 5.53. The van der Waals surface area contributed by atoms with Crippen LogP contribution in [0.25, 0.3) is 0 Å². The number of benzene rings is 1. The van der Waals surface area contributed by atoms with Crippen LogP contribution >= 0.6 is 0 Å². The van der Waals surface area contributed by atoms with E-state index in [1.807, 2.05) is 38.1 Å². The third-order valence-corrected chi connectivity index (χ3v) is 3.83. The molecule has 1 heterocycles. The molecule has 1 aliphatic heterocycles. The van der Waals surface area contributed by atoms with Gasteiger partial charge >= 0.3 is 6.03 Å². The summed E-state index contributed by atoms with van der Waals surface area (Å²) in [5.41, 5.74) is 0.817. The largest absolute Gasteiger partial charge is 0.497 e. The second-order valence-electron chi connectivity index (χ2n) is 5.53. The second kappa shape index (κ2) is 7.15. The standard InChI is InChI=1S/C16H23N3O3/c1-4-11(2)17-16(21)18-12-9-15(20)19(10-12)13-5-7-14(22-3)8-6-13/h5-8,11-12H,4,9-10H2,1-3H3,(H2,17,18,21)/t11-,12+/m1/s1. The lowest BCUT2D eigenvalue weighted by Crippen LogP contribution is -2.46. The molecule has 1 saturated heterocycles. The predicted octanol–water partition coefficient (Wildman–Crippen LogP) is 1.90. The fourth-order valence-corrected chi connectivity index (χ4v) is 2.37. The predicted molar refractivity (Wildman–Crippen MR) is 85.2 cm³/mol. The molecule has 0 aromatic heterocycles. The van der Waals surface area contributed by atoms with Gasteiger partial charge in [-0.25, -0.2) is 4.79 Å². The average Bonchev–Trinajstić information content (AvgIpc) is 2.87. The number of methoxy groups -OCH3 is 1. The Kier molecular flexibility index (Phi) is 5.25. The monoisotopic (exact) mass is 305 g/mol. The number of anilines is 1. The quantitative estimate of drug-likeness (QED) is 0.873. The molecule has 1 aliphatic rings. The normalized spacial score (nSPS) is 19.0. The van der Waals surface area contributed by atoms with E-state index in [9.17, 15) is 9.59 Å². The van der Waals surface area contributed by atoms with Gasteiger partial charge < -0.3 is 20.3 Å².